The fraction of sp³-hybridized carbons (Fsp3) is 0.222. The van der Waals surface area contributed by atoms with Gasteiger partial charge in [-0.1, -0.05) is 12.1 Å². The molecule has 0 heterocycles. The van der Waals surface area contributed by atoms with E-state index in [1.807, 2.05) is 0 Å². The van der Waals surface area contributed by atoms with Gasteiger partial charge in [-0.15, -0.1) is 0 Å². The van der Waals surface area contributed by atoms with E-state index in [-0.39, 0.29) is 34.6 Å². The number of nitrogens with zero attached hydrogens (tertiary/aromatic N) is 1. The number of aliphatic carboxylic acids is 1. The van der Waals surface area contributed by atoms with Gasteiger partial charge in [-0.05, 0) is 24.1 Å². The third-order valence-electron chi connectivity index (χ3n) is 1.71. The van der Waals surface area contributed by atoms with Gasteiger partial charge in [0.25, 0.3) is 0 Å². The SMILES string of the molecule is NC(Cc1ccc(O)cc1)C(=O)O.O=[N+]([O-])[O-].[Ag+]. The van der Waals surface area contributed by atoms with Crippen LogP contribution in [0.1, 0.15) is 5.56 Å². The molecule has 0 spiro atoms. The summed E-state index contributed by atoms with van der Waals surface area (Å²) in [5.41, 5.74) is 6.12. The second-order valence-corrected chi connectivity index (χ2v) is 3.04. The third-order valence-corrected chi connectivity index (χ3v) is 1.71. The molecule has 0 saturated carbocycles. The van der Waals surface area contributed by atoms with Crippen LogP contribution < -0.4 is 5.73 Å². The standard InChI is InChI=1S/C9H11NO3.Ag.NO3/c10-8(9(12)13)5-6-1-3-7(11)4-2-6;;2-1(3)4/h1-4,8,11H,5,10H2,(H,12,13);;/q;+1;-1. The smallest absolute Gasteiger partial charge is 0.508 e. The first kappa shape index (κ1) is 18.7. The minimum atomic E-state index is -1.75. The summed E-state index contributed by atoms with van der Waals surface area (Å²) < 4.78 is 0. The minimum Gasteiger partial charge on any atom is -0.508 e. The zero-order chi connectivity index (χ0) is 13.4. The van der Waals surface area contributed by atoms with Crippen molar-refractivity contribution in [2.24, 2.45) is 5.73 Å². The molecule has 8 nitrogen and oxygen atoms in total. The molecular formula is C9H11AgN2O6. The van der Waals surface area contributed by atoms with Gasteiger partial charge in [0.15, 0.2) is 0 Å². The van der Waals surface area contributed by atoms with Gasteiger partial charge in [0.2, 0.25) is 0 Å². The molecule has 0 aliphatic rings. The van der Waals surface area contributed by atoms with Gasteiger partial charge in [-0.3, -0.25) is 4.79 Å². The third kappa shape index (κ3) is 9.60. The number of phenolic OH excluding ortho intramolecular Hbond substituents is 1. The van der Waals surface area contributed by atoms with E-state index in [0.717, 1.165) is 5.56 Å². The van der Waals surface area contributed by atoms with Crippen LogP contribution in [0.3, 0.4) is 0 Å². The molecule has 1 atom stereocenters. The molecule has 0 radical (unpaired) electrons. The number of carboxylic acid groups (broad SMARTS) is 1. The van der Waals surface area contributed by atoms with E-state index < -0.39 is 17.1 Å². The Balaban J connectivity index is 0. The van der Waals surface area contributed by atoms with E-state index in [2.05, 4.69) is 0 Å². The second kappa shape index (κ2) is 9.42. The maximum absolute atomic E-state index is 10.4. The fourth-order valence-electron chi connectivity index (χ4n) is 0.973. The monoisotopic (exact) mass is 350 g/mol. The van der Waals surface area contributed by atoms with Crippen molar-refractivity contribution in [3.8, 4) is 5.75 Å². The van der Waals surface area contributed by atoms with Crippen molar-refractivity contribution in [1.82, 2.24) is 0 Å². The summed E-state index contributed by atoms with van der Waals surface area (Å²) in [7, 11) is 0. The number of hydrogen-bond donors (Lipinski definition) is 3. The summed E-state index contributed by atoms with van der Waals surface area (Å²) in [6, 6.07) is 5.42. The van der Waals surface area contributed by atoms with Gasteiger partial charge in [0.05, 0.1) is 5.09 Å². The summed E-state index contributed by atoms with van der Waals surface area (Å²) >= 11 is 0. The van der Waals surface area contributed by atoms with Gasteiger partial charge in [-0.2, -0.15) is 0 Å². The number of nitrogens with two attached hydrogens (primary N) is 1. The van der Waals surface area contributed by atoms with Crippen molar-refractivity contribution in [2.45, 2.75) is 12.5 Å². The van der Waals surface area contributed by atoms with Crippen LogP contribution in [0.4, 0.5) is 0 Å². The zero-order valence-electron chi connectivity index (χ0n) is 8.95. The molecule has 9 heteroatoms. The largest absolute Gasteiger partial charge is 1.00 e. The Morgan fingerprint density at radius 2 is 1.72 bits per heavy atom. The van der Waals surface area contributed by atoms with Gasteiger partial charge in [-0.25, -0.2) is 0 Å². The normalized spacial score (nSPS) is 10.3. The first-order valence-corrected chi connectivity index (χ1v) is 4.40. The molecule has 4 N–H and O–H groups in total. The number of benzene rings is 1. The molecule has 0 aromatic heterocycles. The Kier molecular flexibility index (Phi) is 9.81. The number of rotatable bonds is 3. The van der Waals surface area contributed by atoms with Crippen molar-refractivity contribution in [2.75, 3.05) is 0 Å². The molecule has 18 heavy (non-hydrogen) atoms. The molecule has 1 aromatic carbocycles. The number of hydrogen-bond acceptors (Lipinski definition) is 6. The second-order valence-electron chi connectivity index (χ2n) is 3.04. The van der Waals surface area contributed by atoms with E-state index in [1.54, 1.807) is 12.1 Å². The Hall–Kier alpha value is -1.61. The number of carboxylic acids is 1. The van der Waals surface area contributed by atoms with Gasteiger partial charge < -0.3 is 31.3 Å². The number of aromatic hydroxyl groups is 1. The fourth-order valence-corrected chi connectivity index (χ4v) is 0.973. The van der Waals surface area contributed by atoms with E-state index >= 15 is 0 Å². The maximum Gasteiger partial charge on any atom is 1.00 e. The molecule has 0 fully saturated rings. The summed E-state index contributed by atoms with van der Waals surface area (Å²) in [6.45, 7) is 0. The van der Waals surface area contributed by atoms with Gasteiger partial charge >= 0.3 is 28.3 Å². The predicted molar refractivity (Wildman–Crippen MR) is 57.8 cm³/mol. The Morgan fingerprint density at radius 1 is 1.33 bits per heavy atom. The van der Waals surface area contributed by atoms with Crippen molar-refractivity contribution in [1.29, 1.82) is 0 Å². The molecule has 0 amide bonds. The van der Waals surface area contributed by atoms with Crippen molar-refractivity contribution in [3.05, 3.63) is 45.2 Å². The van der Waals surface area contributed by atoms with E-state index in [4.69, 9.17) is 31.3 Å². The molecule has 1 unspecified atom stereocenters. The molecule has 0 saturated heterocycles. The molecule has 1 aromatic rings. The Morgan fingerprint density at radius 3 is 2.06 bits per heavy atom. The predicted octanol–water partition coefficient (Wildman–Crippen LogP) is 0.105. The van der Waals surface area contributed by atoms with Gasteiger partial charge in [0, 0.05) is 0 Å². The summed E-state index contributed by atoms with van der Waals surface area (Å²) in [5, 5.41) is 32.2. The minimum absolute atomic E-state index is 0. The molecule has 0 aliphatic heterocycles. The quantitative estimate of drug-likeness (QED) is 0.397. The van der Waals surface area contributed by atoms with Crippen molar-refractivity contribution < 1.29 is 42.5 Å². The Bertz CT molecular complexity index is 379. The van der Waals surface area contributed by atoms with Crippen LogP contribution >= 0.6 is 0 Å². The molecule has 0 aliphatic carbocycles. The van der Waals surface area contributed by atoms with Crippen molar-refractivity contribution in [3.63, 3.8) is 0 Å². The molecule has 1 rings (SSSR count). The van der Waals surface area contributed by atoms with Crippen LogP contribution in [0.5, 0.6) is 5.75 Å². The van der Waals surface area contributed by atoms with Gasteiger partial charge in [0.1, 0.15) is 11.8 Å². The molecular weight excluding hydrogens is 340 g/mol. The van der Waals surface area contributed by atoms with Crippen LogP contribution in [0, 0.1) is 15.3 Å². The van der Waals surface area contributed by atoms with Crippen molar-refractivity contribution >= 4 is 5.97 Å². The number of phenols is 1. The van der Waals surface area contributed by atoms with Crippen LogP contribution in [0.2, 0.25) is 0 Å². The number of carbonyl (C=O) groups is 1. The van der Waals surface area contributed by atoms with Crippen LogP contribution in [0.15, 0.2) is 24.3 Å². The topological polar surface area (TPSA) is 150 Å². The van der Waals surface area contributed by atoms with E-state index in [9.17, 15) is 4.79 Å². The van der Waals surface area contributed by atoms with Crippen LogP contribution in [-0.4, -0.2) is 27.3 Å². The molecule has 0 bridgehead atoms. The summed E-state index contributed by atoms with van der Waals surface area (Å²) in [6.07, 6.45) is 0.273. The van der Waals surface area contributed by atoms with Crippen LogP contribution in [-0.2, 0) is 33.6 Å². The molecule has 104 valence electrons. The van der Waals surface area contributed by atoms with E-state index in [0.29, 0.717) is 0 Å². The average molecular weight is 351 g/mol. The van der Waals surface area contributed by atoms with E-state index in [1.165, 1.54) is 12.1 Å². The summed E-state index contributed by atoms with van der Waals surface area (Å²) in [4.78, 5) is 18.6. The first-order valence-electron chi connectivity index (χ1n) is 4.40. The maximum atomic E-state index is 10.4. The average Bonchev–Trinajstić information content (AvgIpc) is 2.20. The Labute approximate surface area is 118 Å². The first-order chi connectivity index (χ1) is 7.82. The summed E-state index contributed by atoms with van der Waals surface area (Å²) in [5.74, 6) is -0.860. The van der Waals surface area contributed by atoms with Crippen LogP contribution in [0.25, 0.3) is 0 Å². The zero-order valence-corrected chi connectivity index (χ0v) is 10.4.